The molecule has 1 aliphatic carbocycles. The molecule has 22 heavy (non-hydrogen) atoms. The molecule has 2 fully saturated rings. The molecule has 5 nitrogen and oxygen atoms in total. The summed E-state index contributed by atoms with van der Waals surface area (Å²) in [6.07, 6.45) is 6.13. The van der Waals surface area contributed by atoms with E-state index in [9.17, 15) is 9.59 Å². The Morgan fingerprint density at radius 1 is 1.18 bits per heavy atom. The Hall–Kier alpha value is -1.10. The molecular formula is C17H29NO4. The Morgan fingerprint density at radius 2 is 1.86 bits per heavy atom. The molecule has 0 aromatic carbocycles. The van der Waals surface area contributed by atoms with Crippen LogP contribution in [0.2, 0.25) is 0 Å². The summed E-state index contributed by atoms with van der Waals surface area (Å²) in [6, 6.07) is -0.481. The molecule has 1 amide bonds. The number of Topliss-reactive ketones (excluding diaryl/α,β-unsaturated/α-hetero) is 1. The topological polar surface area (TPSA) is 55.8 Å². The summed E-state index contributed by atoms with van der Waals surface area (Å²) < 4.78 is 10.9. The van der Waals surface area contributed by atoms with Crippen molar-refractivity contribution in [3.05, 3.63) is 0 Å². The van der Waals surface area contributed by atoms with Crippen LogP contribution in [-0.2, 0) is 14.3 Å². The van der Waals surface area contributed by atoms with Gasteiger partial charge in [0.15, 0.2) is 5.78 Å². The van der Waals surface area contributed by atoms with Crippen molar-refractivity contribution in [3.63, 3.8) is 0 Å². The van der Waals surface area contributed by atoms with Crippen molar-refractivity contribution >= 4 is 11.9 Å². The number of carbonyl (C=O) groups excluding carboxylic acids is 2. The molecule has 0 radical (unpaired) electrons. The van der Waals surface area contributed by atoms with Crippen molar-refractivity contribution in [3.8, 4) is 0 Å². The van der Waals surface area contributed by atoms with Gasteiger partial charge in [0.05, 0.1) is 13.2 Å². The highest BCUT2D eigenvalue weighted by molar-refractivity contribution is 5.88. The maximum atomic E-state index is 12.6. The van der Waals surface area contributed by atoms with E-state index in [0.717, 1.165) is 12.8 Å². The van der Waals surface area contributed by atoms with Crippen LogP contribution in [0.5, 0.6) is 0 Å². The largest absolute Gasteiger partial charge is 0.444 e. The van der Waals surface area contributed by atoms with Gasteiger partial charge in [-0.15, -0.1) is 0 Å². The van der Waals surface area contributed by atoms with Crippen LogP contribution in [0, 0.1) is 5.92 Å². The van der Waals surface area contributed by atoms with Gasteiger partial charge in [0, 0.05) is 13.0 Å². The van der Waals surface area contributed by atoms with Gasteiger partial charge in [-0.25, -0.2) is 4.79 Å². The number of morpholine rings is 1. The fourth-order valence-corrected chi connectivity index (χ4v) is 3.22. The zero-order valence-corrected chi connectivity index (χ0v) is 14.1. The lowest BCUT2D eigenvalue weighted by Crippen LogP contribution is -2.54. The van der Waals surface area contributed by atoms with Gasteiger partial charge < -0.3 is 9.47 Å². The number of carbonyl (C=O) groups is 2. The highest BCUT2D eigenvalue weighted by atomic mass is 16.6. The molecule has 1 heterocycles. The minimum Gasteiger partial charge on any atom is -0.444 e. The molecule has 1 unspecified atom stereocenters. The fraction of sp³-hybridized carbons (Fsp3) is 0.882. The number of ketones is 1. The standard InChI is InChI=1S/C17H29NO4/c1-17(2,3)22-16(20)18-9-10-21-12-14(18)15(19)11-13-7-5-4-6-8-13/h13-14H,4-12H2,1-3H3. The minimum absolute atomic E-state index is 0.123. The van der Waals surface area contributed by atoms with Gasteiger partial charge in [-0.1, -0.05) is 32.1 Å². The quantitative estimate of drug-likeness (QED) is 0.803. The Labute approximate surface area is 133 Å². The number of hydrogen-bond donors (Lipinski definition) is 0. The van der Waals surface area contributed by atoms with Crippen molar-refractivity contribution in [2.45, 2.75) is 70.9 Å². The summed E-state index contributed by atoms with van der Waals surface area (Å²) in [7, 11) is 0. The van der Waals surface area contributed by atoms with E-state index in [-0.39, 0.29) is 5.78 Å². The first-order valence-corrected chi connectivity index (χ1v) is 8.47. The summed E-state index contributed by atoms with van der Waals surface area (Å²) in [4.78, 5) is 26.5. The number of hydrogen-bond acceptors (Lipinski definition) is 4. The van der Waals surface area contributed by atoms with Crippen LogP contribution < -0.4 is 0 Å². The maximum Gasteiger partial charge on any atom is 0.411 e. The van der Waals surface area contributed by atoms with E-state index in [1.165, 1.54) is 19.3 Å². The van der Waals surface area contributed by atoms with Crippen LogP contribution in [-0.4, -0.2) is 48.2 Å². The molecule has 0 aromatic rings. The summed E-state index contributed by atoms with van der Waals surface area (Å²) in [6.45, 7) is 6.70. The highest BCUT2D eigenvalue weighted by Gasteiger charge is 2.36. The normalized spacial score (nSPS) is 24.1. The van der Waals surface area contributed by atoms with Crippen molar-refractivity contribution in [2.24, 2.45) is 5.92 Å². The predicted octanol–water partition coefficient (Wildman–Crippen LogP) is 3.16. The molecule has 0 bridgehead atoms. The van der Waals surface area contributed by atoms with Crippen molar-refractivity contribution < 1.29 is 19.1 Å². The van der Waals surface area contributed by atoms with Crippen LogP contribution in [0.3, 0.4) is 0 Å². The first kappa shape index (κ1) is 17.3. The first-order chi connectivity index (χ1) is 10.4. The van der Waals surface area contributed by atoms with Crippen LogP contribution in [0.4, 0.5) is 4.79 Å². The van der Waals surface area contributed by atoms with Gasteiger partial charge in [-0.05, 0) is 26.7 Å². The van der Waals surface area contributed by atoms with E-state index in [1.807, 2.05) is 20.8 Å². The van der Waals surface area contributed by atoms with E-state index < -0.39 is 17.7 Å². The number of nitrogens with zero attached hydrogens (tertiary/aromatic N) is 1. The van der Waals surface area contributed by atoms with Gasteiger partial charge in [-0.2, -0.15) is 0 Å². The van der Waals surface area contributed by atoms with E-state index in [1.54, 1.807) is 4.90 Å². The second kappa shape index (κ2) is 7.44. The number of amides is 1. The van der Waals surface area contributed by atoms with Gasteiger partial charge in [0.2, 0.25) is 0 Å². The molecule has 2 rings (SSSR count). The zero-order chi connectivity index (χ0) is 16.2. The predicted molar refractivity (Wildman–Crippen MR) is 83.7 cm³/mol. The molecule has 0 aromatic heterocycles. The molecule has 0 spiro atoms. The Balaban J connectivity index is 1.96. The van der Waals surface area contributed by atoms with Gasteiger partial charge in [0.1, 0.15) is 11.6 Å². The molecule has 2 aliphatic rings. The minimum atomic E-state index is -0.549. The molecule has 1 aliphatic heterocycles. The molecular weight excluding hydrogens is 282 g/mol. The lowest BCUT2D eigenvalue weighted by molar-refractivity contribution is -0.131. The Bertz CT molecular complexity index is 396. The second-order valence-electron chi connectivity index (χ2n) is 7.44. The molecule has 1 saturated heterocycles. The average Bonchev–Trinajstić information content (AvgIpc) is 2.46. The Kier molecular flexibility index (Phi) is 5.84. The van der Waals surface area contributed by atoms with Crippen LogP contribution >= 0.6 is 0 Å². The monoisotopic (exact) mass is 311 g/mol. The van der Waals surface area contributed by atoms with Crippen molar-refractivity contribution in [2.75, 3.05) is 19.8 Å². The summed E-state index contributed by atoms with van der Waals surface area (Å²) >= 11 is 0. The van der Waals surface area contributed by atoms with Crippen LogP contribution in [0.1, 0.15) is 59.3 Å². The lowest BCUT2D eigenvalue weighted by Gasteiger charge is -2.36. The third-order valence-electron chi connectivity index (χ3n) is 4.34. The SMILES string of the molecule is CC(C)(C)OC(=O)N1CCOCC1C(=O)CC1CCCCC1. The lowest BCUT2D eigenvalue weighted by atomic mass is 9.84. The molecule has 1 atom stereocenters. The van der Waals surface area contributed by atoms with Crippen molar-refractivity contribution in [1.29, 1.82) is 0 Å². The number of rotatable bonds is 3. The van der Waals surface area contributed by atoms with Gasteiger partial charge in [-0.3, -0.25) is 9.69 Å². The van der Waals surface area contributed by atoms with Gasteiger partial charge >= 0.3 is 6.09 Å². The third-order valence-corrected chi connectivity index (χ3v) is 4.34. The smallest absolute Gasteiger partial charge is 0.411 e. The Morgan fingerprint density at radius 3 is 2.50 bits per heavy atom. The van der Waals surface area contributed by atoms with E-state index in [2.05, 4.69) is 0 Å². The molecule has 1 saturated carbocycles. The van der Waals surface area contributed by atoms with E-state index >= 15 is 0 Å². The fourth-order valence-electron chi connectivity index (χ4n) is 3.22. The molecule has 0 N–H and O–H groups in total. The summed E-state index contributed by atoms with van der Waals surface area (Å²) in [5.41, 5.74) is -0.549. The second-order valence-corrected chi connectivity index (χ2v) is 7.44. The van der Waals surface area contributed by atoms with Gasteiger partial charge in [0.25, 0.3) is 0 Å². The van der Waals surface area contributed by atoms with E-state index in [0.29, 0.717) is 32.1 Å². The maximum absolute atomic E-state index is 12.6. The first-order valence-electron chi connectivity index (χ1n) is 8.47. The molecule has 126 valence electrons. The van der Waals surface area contributed by atoms with Crippen LogP contribution in [0.25, 0.3) is 0 Å². The summed E-state index contributed by atoms with van der Waals surface area (Å²) in [5.74, 6) is 0.598. The average molecular weight is 311 g/mol. The van der Waals surface area contributed by atoms with Crippen molar-refractivity contribution in [1.82, 2.24) is 4.90 Å². The molecule has 5 heteroatoms. The number of ether oxygens (including phenoxy) is 2. The zero-order valence-electron chi connectivity index (χ0n) is 14.1. The third kappa shape index (κ3) is 4.97. The summed E-state index contributed by atoms with van der Waals surface area (Å²) in [5, 5.41) is 0. The van der Waals surface area contributed by atoms with E-state index in [4.69, 9.17) is 9.47 Å². The highest BCUT2D eigenvalue weighted by Crippen LogP contribution is 2.28. The van der Waals surface area contributed by atoms with Crippen LogP contribution in [0.15, 0.2) is 0 Å².